The smallest absolute Gasteiger partial charge is 0.244 e. The van der Waals surface area contributed by atoms with E-state index >= 15 is 0 Å². The van der Waals surface area contributed by atoms with Gasteiger partial charge in [-0.05, 0) is 31.5 Å². The maximum absolute atomic E-state index is 12.7. The molecule has 1 aliphatic rings. The molecule has 8 nitrogen and oxygen atoms in total. The molecule has 0 amide bonds. The largest absolute Gasteiger partial charge is 0.383 e. The van der Waals surface area contributed by atoms with Gasteiger partial charge in [0, 0.05) is 24.2 Å². The van der Waals surface area contributed by atoms with Gasteiger partial charge in [-0.3, -0.25) is 0 Å². The molecular weight excluding hydrogens is 430 g/mol. The Hall–Kier alpha value is -1.79. The van der Waals surface area contributed by atoms with Crippen LogP contribution in [0, 0.1) is 13.8 Å². The van der Waals surface area contributed by atoms with E-state index in [2.05, 4.69) is 15.0 Å². The minimum Gasteiger partial charge on any atom is -0.383 e. The summed E-state index contributed by atoms with van der Waals surface area (Å²) in [6.07, 6.45) is 1.40. The first-order valence-corrected chi connectivity index (χ1v) is 12.3. The quantitative estimate of drug-likeness (QED) is 0.589. The Morgan fingerprint density at radius 2 is 2.00 bits per heavy atom. The Bertz CT molecular complexity index is 1140. The Labute approximate surface area is 177 Å². The molecule has 11 heteroatoms. The van der Waals surface area contributed by atoms with Crippen molar-refractivity contribution in [2.24, 2.45) is 0 Å². The molecule has 154 valence electrons. The van der Waals surface area contributed by atoms with E-state index in [-0.39, 0.29) is 4.90 Å². The minimum absolute atomic E-state index is 0.190. The molecule has 0 aromatic carbocycles. The van der Waals surface area contributed by atoms with Crippen molar-refractivity contribution in [1.82, 2.24) is 19.3 Å². The van der Waals surface area contributed by atoms with Gasteiger partial charge in [-0.15, -0.1) is 11.3 Å². The molecule has 0 atom stereocenters. The van der Waals surface area contributed by atoms with E-state index in [1.165, 1.54) is 27.1 Å². The second-order valence-corrected chi connectivity index (χ2v) is 10.8. The molecule has 3 aromatic heterocycles. The maximum atomic E-state index is 12.7. The summed E-state index contributed by atoms with van der Waals surface area (Å²) >= 11 is 3.05. The molecule has 2 N–H and O–H groups in total. The average Bonchev–Trinajstić information content (AvgIpc) is 3.01. The summed E-state index contributed by atoms with van der Waals surface area (Å²) in [5.74, 6) is 1.62. The normalized spacial score (nSPS) is 15.8. The first-order valence-electron chi connectivity index (χ1n) is 9.05. The molecule has 4 rings (SSSR count). The SMILES string of the molecule is Cc1sc2nc(CSc3ccc(S(=O)(=O)N4CCOCC4)cn3)nc(N)c2c1C. The van der Waals surface area contributed by atoms with Gasteiger partial charge >= 0.3 is 0 Å². The van der Waals surface area contributed by atoms with Crippen LogP contribution in [0.15, 0.2) is 28.3 Å². The number of ether oxygens (including phenoxy) is 1. The second kappa shape index (κ2) is 8.15. The number of rotatable bonds is 5. The third kappa shape index (κ3) is 4.10. The number of aromatic nitrogens is 3. The number of nitrogen functional groups attached to an aromatic ring is 1. The number of nitrogens with zero attached hydrogens (tertiary/aromatic N) is 4. The standard InChI is InChI=1S/C18H21N5O3S3/c1-11-12(2)28-18-16(11)17(19)21-14(22-18)10-27-15-4-3-13(9-20-15)29(24,25)23-5-7-26-8-6-23/h3-4,9H,5-8,10H2,1-2H3,(H2,19,21,22). The lowest BCUT2D eigenvalue weighted by atomic mass is 10.2. The zero-order valence-electron chi connectivity index (χ0n) is 16.1. The van der Waals surface area contributed by atoms with Crippen LogP contribution in [-0.2, 0) is 20.5 Å². The Morgan fingerprint density at radius 3 is 2.69 bits per heavy atom. The fourth-order valence-corrected chi connectivity index (χ4v) is 6.18. The Kier molecular flexibility index (Phi) is 5.76. The second-order valence-electron chi connectivity index (χ2n) is 6.63. The van der Waals surface area contributed by atoms with Crippen molar-refractivity contribution >= 4 is 49.2 Å². The summed E-state index contributed by atoms with van der Waals surface area (Å²) < 4.78 is 32.0. The highest BCUT2D eigenvalue weighted by molar-refractivity contribution is 7.98. The van der Waals surface area contributed by atoms with Crippen LogP contribution in [0.25, 0.3) is 10.2 Å². The predicted molar refractivity (Wildman–Crippen MR) is 115 cm³/mol. The van der Waals surface area contributed by atoms with Crippen LogP contribution in [0.1, 0.15) is 16.3 Å². The highest BCUT2D eigenvalue weighted by Crippen LogP contribution is 2.32. The summed E-state index contributed by atoms with van der Waals surface area (Å²) in [5.41, 5.74) is 7.25. The van der Waals surface area contributed by atoms with Crippen molar-refractivity contribution in [2.75, 3.05) is 32.0 Å². The molecule has 0 spiro atoms. The van der Waals surface area contributed by atoms with Crippen molar-refractivity contribution in [3.63, 3.8) is 0 Å². The number of nitrogens with two attached hydrogens (primary N) is 1. The molecule has 4 heterocycles. The van der Waals surface area contributed by atoms with Gasteiger partial charge in [0.15, 0.2) is 0 Å². The average molecular weight is 452 g/mol. The van der Waals surface area contributed by atoms with E-state index in [1.54, 1.807) is 23.5 Å². The van der Waals surface area contributed by atoms with E-state index < -0.39 is 10.0 Å². The lowest BCUT2D eigenvalue weighted by Crippen LogP contribution is -2.40. The third-order valence-electron chi connectivity index (χ3n) is 4.77. The Morgan fingerprint density at radius 1 is 1.24 bits per heavy atom. The van der Waals surface area contributed by atoms with E-state index in [1.807, 2.05) is 13.8 Å². The van der Waals surface area contributed by atoms with Crippen molar-refractivity contribution in [2.45, 2.75) is 29.5 Å². The first kappa shape index (κ1) is 20.5. The number of fused-ring (bicyclic) bond motifs is 1. The zero-order chi connectivity index (χ0) is 20.6. The lowest BCUT2D eigenvalue weighted by molar-refractivity contribution is 0.0730. The van der Waals surface area contributed by atoms with Crippen LogP contribution < -0.4 is 5.73 Å². The number of sulfonamides is 1. The van der Waals surface area contributed by atoms with Gasteiger partial charge in [0.25, 0.3) is 0 Å². The van der Waals surface area contributed by atoms with Gasteiger partial charge < -0.3 is 10.5 Å². The van der Waals surface area contributed by atoms with Gasteiger partial charge in [-0.25, -0.2) is 23.4 Å². The van der Waals surface area contributed by atoms with E-state index in [9.17, 15) is 8.42 Å². The molecule has 0 unspecified atom stereocenters. The van der Waals surface area contributed by atoms with E-state index in [4.69, 9.17) is 10.5 Å². The summed E-state index contributed by atoms with van der Waals surface area (Å²) in [6, 6.07) is 3.30. The molecule has 1 saturated heterocycles. The number of aryl methyl sites for hydroxylation is 2. The molecule has 29 heavy (non-hydrogen) atoms. The highest BCUT2D eigenvalue weighted by atomic mass is 32.2. The van der Waals surface area contributed by atoms with Gasteiger partial charge in [0.2, 0.25) is 10.0 Å². The molecule has 1 fully saturated rings. The fraction of sp³-hybridized carbons (Fsp3) is 0.389. The van der Waals surface area contributed by atoms with Crippen molar-refractivity contribution < 1.29 is 13.2 Å². The topological polar surface area (TPSA) is 111 Å². The molecular formula is C18H21N5O3S3. The van der Waals surface area contributed by atoms with Crippen LogP contribution in [0.3, 0.4) is 0 Å². The summed E-state index contributed by atoms with van der Waals surface area (Å²) in [5, 5.41) is 1.63. The molecule has 0 aliphatic carbocycles. The van der Waals surface area contributed by atoms with E-state index in [0.29, 0.717) is 48.7 Å². The van der Waals surface area contributed by atoms with E-state index in [0.717, 1.165) is 15.8 Å². The Balaban J connectivity index is 1.47. The van der Waals surface area contributed by atoms with Crippen LogP contribution in [0.4, 0.5) is 5.82 Å². The van der Waals surface area contributed by atoms with Gasteiger partial charge in [0.05, 0.1) is 29.4 Å². The van der Waals surface area contributed by atoms with Crippen LogP contribution >= 0.6 is 23.1 Å². The van der Waals surface area contributed by atoms with Crippen molar-refractivity contribution in [3.8, 4) is 0 Å². The number of anilines is 1. The first-order chi connectivity index (χ1) is 13.9. The van der Waals surface area contributed by atoms with Crippen molar-refractivity contribution in [1.29, 1.82) is 0 Å². The molecule has 0 radical (unpaired) electrons. The molecule has 0 bridgehead atoms. The number of hydrogen-bond acceptors (Lipinski definition) is 9. The third-order valence-corrected chi connectivity index (χ3v) is 8.69. The summed E-state index contributed by atoms with van der Waals surface area (Å²) in [4.78, 5) is 15.6. The summed E-state index contributed by atoms with van der Waals surface area (Å²) in [6.45, 7) is 5.63. The van der Waals surface area contributed by atoms with Crippen LogP contribution in [-0.4, -0.2) is 54.0 Å². The summed E-state index contributed by atoms with van der Waals surface area (Å²) in [7, 11) is -3.54. The maximum Gasteiger partial charge on any atom is 0.244 e. The monoisotopic (exact) mass is 451 g/mol. The van der Waals surface area contributed by atoms with Gasteiger partial charge in [-0.2, -0.15) is 4.31 Å². The lowest BCUT2D eigenvalue weighted by Gasteiger charge is -2.25. The minimum atomic E-state index is -3.54. The number of pyridine rings is 1. The zero-order valence-corrected chi connectivity index (χ0v) is 18.5. The number of hydrogen-bond donors (Lipinski definition) is 1. The predicted octanol–water partition coefficient (Wildman–Crippen LogP) is 2.60. The molecule has 3 aromatic rings. The fourth-order valence-electron chi connectivity index (χ4n) is 3.07. The molecule has 0 saturated carbocycles. The van der Waals surface area contributed by atoms with Crippen molar-refractivity contribution in [3.05, 3.63) is 34.6 Å². The molecule has 1 aliphatic heterocycles. The van der Waals surface area contributed by atoms with Gasteiger partial charge in [0.1, 0.15) is 21.4 Å². The number of thiophene rings is 1. The van der Waals surface area contributed by atoms with Crippen LogP contribution in [0.5, 0.6) is 0 Å². The number of morpholine rings is 1. The van der Waals surface area contributed by atoms with Gasteiger partial charge in [-0.1, -0.05) is 11.8 Å². The van der Waals surface area contributed by atoms with Crippen LogP contribution in [0.2, 0.25) is 0 Å². The number of thioether (sulfide) groups is 1. The highest BCUT2D eigenvalue weighted by Gasteiger charge is 2.26.